The van der Waals surface area contributed by atoms with Crippen LogP contribution in [0.3, 0.4) is 0 Å². The van der Waals surface area contributed by atoms with Crippen LogP contribution in [0, 0.1) is 0 Å². The molecule has 2 N–H and O–H groups in total. The standard InChI is InChI=1S/C17H14F3N5O2/c1-25-13-5-4-11(7-12(13)24-16(25)17(18,19)20)23-15(27)14(26)22-9-10-3-2-6-21-8-10/h2-8H,9H2,1H3,(H,22,26)(H,23,27). The van der Waals surface area contributed by atoms with Gasteiger partial charge in [0.05, 0.1) is 11.0 Å². The summed E-state index contributed by atoms with van der Waals surface area (Å²) < 4.78 is 39.7. The second kappa shape index (κ2) is 7.06. The Morgan fingerprint density at radius 1 is 1.19 bits per heavy atom. The molecule has 0 aliphatic rings. The summed E-state index contributed by atoms with van der Waals surface area (Å²) in [7, 11) is 1.25. The molecule has 2 amide bonds. The van der Waals surface area contributed by atoms with E-state index in [-0.39, 0.29) is 23.3 Å². The van der Waals surface area contributed by atoms with Crippen LogP contribution in [0.15, 0.2) is 42.7 Å². The number of alkyl halides is 3. The molecule has 0 saturated heterocycles. The van der Waals surface area contributed by atoms with E-state index in [4.69, 9.17) is 0 Å². The van der Waals surface area contributed by atoms with E-state index >= 15 is 0 Å². The molecule has 3 aromatic rings. The number of fused-ring (bicyclic) bond motifs is 1. The van der Waals surface area contributed by atoms with Gasteiger partial charge in [0, 0.05) is 31.7 Å². The van der Waals surface area contributed by atoms with Crippen molar-refractivity contribution in [3.05, 3.63) is 54.1 Å². The number of aryl methyl sites for hydroxylation is 1. The summed E-state index contributed by atoms with van der Waals surface area (Å²) in [6, 6.07) is 7.49. The minimum absolute atomic E-state index is 0.0541. The predicted molar refractivity (Wildman–Crippen MR) is 90.4 cm³/mol. The largest absolute Gasteiger partial charge is 0.449 e. The van der Waals surface area contributed by atoms with Gasteiger partial charge in [-0.05, 0) is 29.8 Å². The number of carbonyl (C=O) groups is 2. The fourth-order valence-electron chi connectivity index (χ4n) is 2.48. The fourth-order valence-corrected chi connectivity index (χ4v) is 2.48. The van der Waals surface area contributed by atoms with Crippen molar-refractivity contribution in [3.63, 3.8) is 0 Å². The molecule has 0 radical (unpaired) electrons. The number of carbonyl (C=O) groups excluding carboxylic acids is 2. The number of nitrogens with one attached hydrogen (secondary N) is 2. The summed E-state index contributed by atoms with van der Waals surface area (Å²) >= 11 is 0. The minimum Gasteiger partial charge on any atom is -0.344 e. The first kappa shape index (κ1) is 18.4. The Kier molecular flexibility index (Phi) is 4.80. The number of benzene rings is 1. The topological polar surface area (TPSA) is 88.9 Å². The van der Waals surface area contributed by atoms with E-state index < -0.39 is 23.8 Å². The lowest BCUT2D eigenvalue weighted by Crippen LogP contribution is -2.34. The van der Waals surface area contributed by atoms with Crippen LogP contribution in [-0.2, 0) is 29.4 Å². The van der Waals surface area contributed by atoms with Crippen LogP contribution in [0.4, 0.5) is 18.9 Å². The minimum atomic E-state index is -4.59. The van der Waals surface area contributed by atoms with E-state index in [0.717, 1.165) is 4.57 Å². The highest BCUT2D eigenvalue weighted by atomic mass is 19.4. The Bertz CT molecular complexity index is 999. The number of nitrogens with zero attached hydrogens (tertiary/aromatic N) is 3. The van der Waals surface area contributed by atoms with Gasteiger partial charge in [0.25, 0.3) is 0 Å². The lowest BCUT2D eigenvalue weighted by molar-refractivity contribution is -0.146. The SMILES string of the molecule is Cn1c(C(F)(F)F)nc2cc(NC(=O)C(=O)NCc3cccnc3)ccc21. The molecule has 0 aliphatic heterocycles. The second-order valence-electron chi connectivity index (χ2n) is 5.69. The average Bonchev–Trinajstić information content (AvgIpc) is 2.97. The summed E-state index contributed by atoms with van der Waals surface area (Å²) in [6.45, 7) is 0.119. The van der Waals surface area contributed by atoms with Crippen LogP contribution in [0.1, 0.15) is 11.4 Å². The van der Waals surface area contributed by atoms with Crippen molar-refractivity contribution < 1.29 is 22.8 Å². The molecule has 2 aromatic heterocycles. The normalized spacial score (nSPS) is 11.4. The molecule has 1 aromatic carbocycles. The van der Waals surface area contributed by atoms with Crippen LogP contribution in [-0.4, -0.2) is 26.3 Å². The van der Waals surface area contributed by atoms with Crippen molar-refractivity contribution in [2.24, 2.45) is 7.05 Å². The second-order valence-corrected chi connectivity index (χ2v) is 5.69. The molecule has 0 spiro atoms. The van der Waals surface area contributed by atoms with Crippen LogP contribution >= 0.6 is 0 Å². The highest BCUT2D eigenvalue weighted by molar-refractivity contribution is 6.39. The van der Waals surface area contributed by atoms with Crippen molar-refractivity contribution in [1.82, 2.24) is 19.9 Å². The number of aromatic nitrogens is 3. The smallest absolute Gasteiger partial charge is 0.344 e. The maximum absolute atomic E-state index is 12.9. The van der Waals surface area contributed by atoms with Gasteiger partial charge in [-0.25, -0.2) is 4.98 Å². The Balaban J connectivity index is 1.70. The quantitative estimate of drug-likeness (QED) is 0.685. The van der Waals surface area contributed by atoms with Gasteiger partial charge in [-0.3, -0.25) is 14.6 Å². The third kappa shape index (κ3) is 4.05. The molecule has 0 atom stereocenters. The van der Waals surface area contributed by atoms with E-state index in [2.05, 4.69) is 20.6 Å². The third-order valence-electron chi connectivity index (χ3n) is 3.77. The van der Waals surface area contributed by atoms with E-state index in [1.54, 1.807) is 24.5 Å². The number of anilines is 1. The van der Waals surface area contributed by atoms with Gasteiger partial charge in [0.1, 0.15) is 0 Å². The van der Waals surface area contributed by atoms with Crippen molar-refractivity contribution in [2.45, 2.75) is 12.7 Å². The van der Waals surface area contributed by atoms with Crippen LogP contribution in [0.5, 0.6) is 0 Å². The Hall–Kier alpha value is -3.43. The molecule has 0 fully saturated rings. The summed E-state index contributed by atoms with van der Waals surface area (Å²) in [5.74, 6) is -2.86. The molecule has 0 saturated carbocycles. The third-order valence-corrected chi connectivity index (χ3v) is 3.77. The summed E-state index contributed by atoms with van der Waals surface area (Å²) in [5, 5.41) is 4.77. The van der Waals surface area contributed by atoms with E-state index in [0.29, 0.717) is 5.56 Å². The molecule has 2 heterocycles. The molecule has 140 valence electrons. The van der Waals surface area contributed by atoms with Crippen molar-refractivity contribution in [2.75, 3.05) is 5.32 Å². The molecule has 10 heteroatoms. The monoisotopic (exact) mass is 377 g/mol. The molecule has 3 rings (SSSR count). The number of amides is 2. The summed E-state index contributed by atoms with van der Waals surface area (Å²) in [4.78, 5) is 31.3. The molecule has 0 bridgehead atoms. The number of imidazole rings is 1. The Morgan fingerprint density at radius 2 is 1.96 bits per heavy atom. The number of pyridine rings is 1. The van der Waals surface area contributed by atoms with Gasteiger partial charge in [-0.2, -0.15) is 13.2 Å². The van der Waals surface area contributed by atoms with Gasteiger partial charge in [0.2, 0.25) is 5.82 Å². The zero-order chi connectivity index (χ0) is 19.6. The van der Waals surface area contributed by atoms with Gasteiger partial charge < -0.3 is 15.2 Å². The van der Waals surface area contributed by atoms with E-state index in [9.17, 15) is 22.8 Å². The summed E-state index contributed by atoms with van der Waals surface area (Å²) in [5.41, 5.74) is 1.18. The molecular formula is C17H14F3N5O2. The lowest BCUT2D eigenvalue weighted by atomic mass is 10.2. The zero-order valence-corrected chi connectivity index (χ0v) is 14.0. The molecule has 27 heavy (non-hydrogen) atoms. The first-order valence-electron chi connectivity index (χ1n) is 7.77. The molecule has 0 aliphatic carbocycles. The van der Waals surface area contributed by atoms with Gasteiger partial charge in [-0.1, -0.05) is 6.07 Å². The maximum Gasteiger partial charge on any atom is 0.449 e. The van der Waals surface area contributed by atoms with Crippen molar-refractivity contribution in [3.8, 4) is 0 Å². The zero-order valence-electron chi connectivity index (χ0n) is 14.0. The molecular weight excluding hydrogens is 363 g/mol. The highest BCUT2D eigenvalue weighted by Gasteiger charge is 2.36. The highest BCUT2D eigenvalue weighted by Crippen LogP contribution is 2.31. The first-order chi connectivity index (χ1) is 12.8. The lowest BCUT2D eigenvalue weighted by Gasteiger charge is -2.07. The van der Waals surface area contributed by atoms with Crippen LogP contribution < -0.4 is 10.6 Å². The maximum atomic E-state index is 12.9. The first-order valence-corrected chi connectivity index (χ1v) is 7.77. The average molecular weight is 377 g/mol. The van der Waals surface area contributed by atoms with Gasteiger partial charge >= 0.3 is 18.0 Å². The predicted octanol–water partition coefficient (Wildman–Crippen LogP) is 2.24. The number of halogens is 3. The van der Waals surface area contributed by atoms with Crippen LogP contribution in [0.2, 0.25) is 0 Å². The molecule has 0 unspecified atom stereocenters. The van der Waals surface area contributed by atoms with Gasteiger partial charge in [-0.15, -0.1) is 0 Å². The van der Waals surface area contributed by atoms with Gasteiger partial charge in [0.15, 0.2) is 0 Å². The number of rotatable bonds is 3. The summed E-state index contributed by atoms with van der Waals surface area (Å²) in [6.07, 6.45) is -1.47. The van der Waals surface area contributed by atoms with Crippen molar-refractivity contribution in [1.29, 1.82) is 0 Å². The van der Waals surface area contributed by atoms with E-state index in [1.165, 1.54) is 25.2 Å². The van der Waals surface area contributed by atoms with Crippen LogP contribution in [0.25, 0.3) is 11.0 Å². The Morgan fingerprint density at radius 3 is 2.63 bits per heavy atom. The number of hydrogen-bond acceptors (Lipinski definition) is 4. The van der Waals surface area contributed by atoms with Crippen molar-refractivity contribution >= 4 is 28.5 Å². The fraction of sp³-hybridized carbons (Fsp3) is 0.176. The Labute approximate surface area is 151 Å². The molecule has 7 nitrogen and oxygen atoms in total. The van der Waals surface area contributed by atoms with E-state index in [1.807, 2.05) is 0 Å². The number of hydrogen-bond donors (Lipinski definition) is 2.